The summed E-state index contributed by atoms with van der Waals surface area (Å²) < 4.78 is 5.38. The van der Waals surface area contributed by atoms with Gasteiger partial charge >= 0.3 is 0 Å². The zero-order chi connectivity index (χ0) is 16.7. The molecule has 1 unspecified atom stereocenters. The van der Waals surface area contributed by atoms with Crippen LogP contribution < -0.4 is 0 Å². The Labute approximate surface area is 141 Å². The van der Waals surface area contributed by atoms with Crippen molar-refractivity contribution in [1.82, 2.24) is 20.0 Å². The van der Waals surface area contributed by atoms with Gasteiger partial charge in [0.1, 0.15) is 5.76 Å². The highest BCUT2D eigenvalue weighted by Gasteiger charge is 2.31. The van der Waals surface area contributed by atoms with E-state index in [4.69, 9.17) is 14.5 Å². The van der Waals surface area contributed by atoms with Crippen molar-refractivity contribution in [3.8, 4) is 0 Å². The molecule has 1 fully saturated rings. The summed E-state index contributed by atoms with van der Waals surface area (Å²) in [6, 6.07) is 8.43. The molecule has 1 atom stereocenters. The fourth-order valence-corrected chi connectivity index (χ4v) is 3.77. The Balaban J connectivity index is 1.66. The third-order valence-electron chi connectivity index (χ3n) is 4.98. The van der Waals surface area contributed by atoms with Crippen molar-refractivity contribution in [2.75, 3.05) is 6.54 Å². The minimum atomic E-state index is 0.365. The van der Waals surface area contributed by atoms with E-state index in [1.807, 2.05) is 38.1 Å². The van der Waals surface area contributed by atoms with Crippen LogP contribution in [0.5, 0.6) is 0 Å². The lowest BCUT2D eigenvalue weighted by molar-refractivity contribution is 0.242. The van der Waals surface area contributed by atoms with Gasteiger partial charge in [0.25, 0.3) is 0 Å². The number of para-hydroxylation sites is 2. The molecule has 1 aromatic carbocycles. The predicted octanol–water partition coefficient (Wildman–Crippen LogP) is 3.88. The maximum absolute atomic E-state index is 5.38. The number of aryl methyl sites for hydroxylation is 3. The van der Waals surface area contributed by atoms with Crippen molar-refractivity contribution in [1.29, 1.82) is 0 Å². The van der Waals surface area contributed by atoms with Crippen LogP contribution in [0.3, 0.4) is 0 Å². The van der Waals surface area contributed by atoms with Crippen LogP contribution >= 0.6 is 0 Å². The van der Waals surface area contributed by atoms with Gasteiger partial charge in [-0.25, -0.2) is 9.97 Å². The van der Waals surface area contributed by atoms with Crippen molar-refractivity contribution < 1.29 is 4.52 Å². The van der Waals surface area contributed by atoms with Crippen LogP contribution in [0.4, 0.5) is 0 Å². The van der Waals surface area contributed by atoms with Crippen LogP contribution in [0.25, 0.3) is 11.0 Å². The second-order valence-electron chi connectivity index (χ2n) is 6.61. The monoisotopic (exact) mass is 322 g/mol. The van der Waals surface area contributed by atoms with E-state index in [0.717, 1.165) is 53.4 Å². The van der Waals surface area contributed by atoms with Crippen LogP contribution in [-0.2, 0) is 6.54 Å². The highest BCUT2D eigenvalue weighted by molar-refractivity contribution is 5.74. The molecule has 0 saturated carbocycles. The minimum absolute atomic E-state index is 0.365. The lowest BCUT2D eigenvalue weighted by Crippen LogP contribution is -2.24. The van der Waals surface area contributed by atoms with Crippen molar-refractivity contribution in [3.63, 3.8) is 0 Å². The Bertz CT molecular complexity index is 867. The number of hydrogen-bond acceptors (Lipinski definition) is 5. The maximum Gasteiger partial charge on any atom is 0.138 e. The van der Waals surface area contributed by atoms with Gasteiger partial charge in [0.15, 0.2) is 0 Å². The average molecular weight is 322 g/mol. The normalized spacial score (nSPS) is 18.5. The molecular formula is C19H22N4O. The van der Waals surface area contributed by atoms with E-state index in [1.165, 1.54) is 12.0 Å². The number of likely N-dealkylation sites (tertiary alicyclic amines) is 1. The SMILES string of the molecule is Cc1nc2ccccc2nc1CN1CCCC1c1c(C)noc1C. The van der Waals surface area contributed by atoms with E-state index < -0.39 is 0 Å². The Morgan fingerprint density at radius 1 is 1.08 bits per heavy atom. The van der Waals surface area contributed by atoms with E-state index in [9.17, 15) is 0 Å². The predicted molar refractivity (Wildman–Crippen MR) is 92.6 cm³/mol. The molecule has 4 rings (SSSR count). The summed E-state index contributed by atoms with van der Waals surface area (Å²) in [6.07, 6.45) is 2.33. The molecule has 24 heavy (non-hydrogen) atoms. The Morgan fingerprint density at radius 3 is 2.54 bits per heavy atom. The molecule has 1 aliphatic heterocycles. The summed E-state index contributed by atoms with van der Waals surface area (Å²) in [5.41, 5.74) is 6.25. The van der Waals surface area contributed by atoms with Gasteiger partial charge in [-0.15, -0.1) is 0 Å². The Kier molecular flexibility index (Phi) is 3.81. The standard InChI is InChI=1S/C19H22N4O/c1-12-17(21-16-8-5-4-7-15(16)20-12)11-23-10-6-9-18(23)19-13(2)22-24-14(19)3/h4-5,7-8,18H,6,9-11H2,1-3H3. The molecule has 0 spiro atoms. The first-order chi connectivity index (χ1) is 11.6. The molecule has 3 heterocycles. The Hall–Kier alpha value is -2.27. The molecule has 2 aromatic heterocycles. The summed E-state index contributed by atoms with van der Waals surface area (Å²) in [5, 5.41) is 4.13. The van der Waals surface area contributed by atoms with Crippen LogP contribution in [0, 0.1) is 20.8 Å². The Morgan fingerprint density at radius 2 is 1.83 bits per heavy atom. The van der Waals surface area contributed by atoms with E-state index in [0.29, 0.717) is 6.04 Å². The summed E-state index contributed by atoms with van der Waals surface area (Å²) in [5.74, 6) is 0.936. The average Bonchev–Trinajstić information content (AvgIpc) is 3.14. The summed E-state index contributed by atoms with van der Waals surface area (Å²) in [4.78, 5) is 12.1. The van der Waals surface area contributed by atoms with Gasteiger partial charge < -0.3 is 4.52 Å². The number of rotatable bonds is 3. The van der Waals surface area contributed by atoms with E-state index in [2.05, 4.69) is 17.0 Å². The zero-order valence-corrected chi connectivity index (χ0v) is 14.4. The summed E-state index contributed by atoms with van der Waals surface area (Å²) >= 11 is 0. The molecule has 1 saturated heterocycles. The molecule has 3 aromatic rings. The first kappa shape index (κ1) is 15.3. The fourth-order valence-electron chi connectivity index (χ4n) is 3.77. The number of aromatic nitrogens is 3. The van der Waals surface area contributed by atoms with Gasteiger partial charge in [0, 0.05) is 18.2 Å². The third-order valence-corrected chi connectivity index (χ3v) is 4.98. The molecule has 0 amide bonds. The molecule has 0 bridgehead atoms. The number of benzene rings is 1. The second kappa shape index (κ2) is 5.98. The topological polar surface area (TPSA) is 55.1 Å². The van der Waals surface area contributed by atoms with Gasteiger partial charge in [-0.1, -0.05) is 17.3 Å². The summed E-state index contributed by atoms with van der Waals surface area (Å²) in [7, 11) is 0. The molecule has 124 valence electrons. The van der Waals surface area contributed by atoms with E-state index in [1.54, 1.807) is 0 Å². The smallest absolute Gasteiger partial charge is 0.138 e. The molecule has 5 heteroatoms. The van der Waals surface area contributed by atoms with Crippen molar-refractivity contribution in [2.24, 2.45) is 0 Å². The van der Waals surface area contributed by atoms with Crippen LogP contribution in [0.15, 0.2) is 28.8 Å². The lowest BCUT2D eigenvalue weighted by Gasteiger charge is -2.24. The van der Waals surface area contributed by atoms with Crippen molar-refractivity contribution in [2.45, 2.75) is 46.2 Å². The van der Waals surface area contributed by atoms with Crippen LogP contribution in [-0.4, -0.2) is 26.6 Å². The van der Waals surface area contributed by atoms with Crippen LogP contribution in [0.2, 0.25) is 0 Å². The van der Waals surface area contributed by atoms with E-state index >= 15 is 0 Å². The first-order valence-electron chi connectivity index (χ1n) is 8.52. The largest absolute Gasteiger partial charge is 0.361 e. The van der Waals surface area contributed by atoms with E-state index in [-0.39, 0.29) is 0 Å². The van der Waals surface area contributed by atoms with Gasteiger partial charge in [-0.05, 0) is 52.3 Å². The second-order valence-corrected chi connectivity index (χ2v) is 6.61. The number of fused-ring (bicyclic) bond motifs is 1. The van der Waals surface area contributed by atoms with Gasteiger partial charge in [-0.2, -0.15) is 0 Å². The highest BCUT2D eigenvalue weighted by atomic mass is 16.5. The molecule has 0 aliphatic carbocycles. The van der Waals surface area contributed by atoms with Crippen molar-refractivity contribution >= 4 is 11.0 Å². The van der Waals surface area contributed by atoms with Gasteiger partial charge in [-0.3, -0.25) is 4.90 Å². The highest BCUT2D eigenvalue weighted by Crippen LogP contribution is 2.36. The fraction of sp³-hybridized carbons (Fsp3) is 0.421. The lowest BCUT2D eigenvalue weighted by atomic mass is 10.0. The molecule has 1 aliphatic rings. The maximum atomic E-state index is 5.38. The van der Waals surface area contributed by atoms with Gasteiger partial charge in [0.05, 0.1) is 28.1 Å². The minimum Gasteiger partial charge on any atom is -0.361 e. The number of nitrogens with zero attached hydrogens (tertiary/aromatic N) is 4. The third kappa shape index (κ3) is 2.59. The number of hydrogen-bond donors (Lipinski definition) is 0. The molecule has 0 radical (unpaired) electrons. The zero-order valence-electron chi connectivity index (χ0n) is 14.4. The summed E-state index contributed by atoms with van der Waals surface area (Å²) in [6.45, 7) is 7.98. The molecule has 5 nitrogen and oxygen atoms in total. The molecule has 0 N–H and O–H groups in total. The van der Waals surface area contributed by atoms with Crippen molar-refractivity contribution in [3.05, 3.63) is 52.7 Å². The first-order valence-corrected chi connectivity index (χ1v) is 8.52. The van der Waals surface area contributed by atoms with Gasteiger partial charge in [0.2, 0.25) is 0 Å². The quantitative estimate of drug-likeness (QED) is 0.732. The molecular weight excluding hydrogens is 300 g/mol. The van der Waals surface area contributed by atoms with Crippen LogP contribution in [0.1, 0.15) is 47.3 Å².